The van der Waals surface area contributed by atoms with E-state index in [-0.39, 0.29) is 12.8 Å². The molecule has 0 bridgehead atoms. The molecule has 4 rings (SSSR count). The SMILES string of the molecule is CNC(=O)C(CCC=O)N1C(=O)c2ccc(N3CC4(CCNCC4)C3)cc2C1=O. The Balaban J connectivity index is 1.55. The van der Waals surface area contributed by atoms with Crippen molar-refractivity contribution in [2.24, 2.45) is 5.41 Å². The van der Waals surface area contributed by atoms with E-state index in [4.69, 9.17) is 0 Å². The molecule has 1 atom stereocenters. The van der Waals surface area contributed by atoms with Gasteiger partial charge in [-0.05, 0) is 50.6 Å². The lowest BCUT2D eigenvalue weighted by Crippen LogP contribution is -2.60. The number of anilines is 1. The first-order valence-corrected chi connectivity index (χ1v) is 10.1. The second-order valence-electron chi connectivity index (χ2n) is 8.19. The predicted molar refractivity (Wildman–Crippen MR) is 107 cm³/mol. The molecule has 0 radical (unpaired) electrons. The van der Waals surface area contributed by atoms with Crippen LogP contribution in [0.4, 0.5) is 5.69 Å². The molecule has 1 aromatic rings. The minimum Gasteiger partial charge on any atom is -0.370 e. The van der Waals surface area contributed by atoms with Crippen LogP contribution in [0.15, 0.2) is 18.2 Å². The quantitative estimate of drug-likeness (QED) is 0.537. The maximum absolute atomic E-state index is 13.0. The largest absolute Gasteiger partial charge is 0.370 e. The van der Waals surface area contributed by atoms with E-state index in [2.05, 4.69) is 15.5 Å². The molecule has 8 nitrogen and oxygen atoms in total. The highest BCUT2D eigenvalue weighted by molar-refractivity contribution is 6.23. The Morgan fingerprint density at radius 3 is 2.55 bits per heavy atom. The lowest BCUT2D eigenvalue weighted by Gasteiger charge is -2.53. The summed E-state index contributed by atoms with van der Waals surface area (Å²) >= 11 is 0. The number of carbonyl (C=O) groups excluding carboxylic acids is 4. The van der Waals surface area contributed by atoms with Crippen LogP contribution in [-0.2, 0) is 9.59 Å². The molecule has 0 aliphatic carbocycles. The average molecular weight is 398 g/mol. The molecule has 2 saturated heterocycles. The number of imide groups is 1. The van der Waals surface area contributed by atoms with Gasteiger partial charge < -0.3 is 20.3 Å². The Morgan fingerprint density at radius 2 is 1.90 bits per heavy atom. The molecule has 1 unspecified atom stereocenters. The molecule has 29 heavy (non-hydrogen) atoms. The number of piperidine rings is 1. The molecule has 3 amide bonds. The van der Waals surface area contributed by atoms with Crippen molar-refractivity contribution in [1.29, 1.82) is 0 Å². The molecule has 3 aliphatic heterocycles. The lowest BCUT2D eigenvalue weighted by atomic mass is 9.72. The number of aldehydes is 1. The van der Waals surface area contributed by atoms with Crippen molar-refractivity contribution >= 4 is 29.7 Å². The van der Waals surface area contributed by atoms with E-state index in [1.807, 2.05) is 6.07 Å². The molecule has 154 valence electrons. The molecular formula is C21H26N4O4. The summed E-state index contributed by atoms with van der Waals surface area (Å²) in [7, 11) is 1.45. The second-order valence-corrected chi connectivity index (χ2v) is 8.19. The van der Waals surface area contributed by atoms with Crippen LogP contribution >= 0.6 is 0 Å². The van der Waals surface area contributed by atoms with Crippen LogP contribution in [0.25, 0.3) is 0 Å². The maximum atomic E-state index is 13.0. The summed E-state index contributed by atoms with van der Waals surface area (Å²) in [6.45, 7) is 4.00. The van der Waals surface area contributed by atoms with Crippen molar-refractivity contribution in [1.82, 2.24) is 15.5 Å². The number of nitrogens with zero attached hydrogens (tertiary/aromatic N) is 2. The number of fused-ring (bicyclic) bond motifs is 1. The Hall–Kier alpha value is -2.74. The Morgan fingerprint density at radius 1 is 1.21 bits per heavy atom. The number of nitrogens with one attached hydrogen (secondary N) is 2. The smallest absolute Gasteiger partial charge is 0.262 e. The van der Waals surface area contributed by atoms with Crippen molar-refractivity contribution < 1.29 is 19.2 Å². The van der Waals surface area contributed by atoms with Gasteiger partial charge in [0, 0.05) is 37.7 Å². The van der Waals surface area contributed by atoms with E-state index in [9.17, 15) is 19.2 Å². The fourth-order valence-corrected chi connectivity index (χ4v) is 4.72. The summed E-state index contributed by atoms with van der Waals surface area (Å²) in [6, 6.07) is 4.34. The van der Waals surface area contributed by atoms with Crippen molar-refractivity contribution in [3.05, 3.63) is 29.3 Å². The average Bonchev–Trinajstić information content (AvgIpc) is 2.97. The fourth-order valence-electron chi connectivity index (χ4n) is 4.72. The van der Waals surface area contributed by atoms with Gasteiger partial charge in [0.15, 0.2) is 0 Å². The molecular weight excluding hydrogens is 372 g/mol. The van der Waals surface area contributed by atoms with E-state index in [0.29, 0.717) is 22.8 Å². The third kappa shape index (κ3) is 3.31. The van der Waals surface area contributed by atoms with Gasteiger partial charge in [0.05, 0.1) is 11.1 Å². The third-order valence-corrected chi connectivity index (χ3v) is 6.40. The molecule has 1 spiro atoms. The second kappa shape index (κ2) is 7.59. The van der Waals surface area contributed by atoms with Crippen LogP contribution in [0, 0.1) is 5.41 Å². The van der Waals surface area contributed by atoms with Gasteiger partial charge in [-0.1, -0.05) is 0 Å². The highest BCUT2D eigenvalue weighted by Gasteiger charge is 2.45. The highest BCUT2D eigenvalue weighted by atomic mass is 16.2. The molecule has 3 aliphatic rings. The molecule has 8 heteroatoms. The monoisotopic (exact) mass is 398 g/mol. The van der Waals surface area contributed by atoms with Gasteiger partial charge in [-0.2, -0.15) is 0 Å². The van der Waals surface area contributed by atoms with Crippen molar-refractivity contribution in [2.75, 3.05) is 38.1 Å². The summed E-state index contributed by atoms with van der Waals surface area (Å²) in [5.41, 5.74) is 1.94. The third-order valence-electron chi connectivity index (χ3n) is 6.40. The van der Waals surface area contributed by atoms with Crippen LogP contribution in [0.2, 0.25) is 0 Å². The topological polar surface area (TPSA) is 98.8 Å². The molecule has 2 fully saturated rings. The van der Waals surface area contributed by atoms with E-state index in [1.165, 1.54) is 7.05 Å². The zero-order valence-electron chi connectivity index (χ0n) is 16.6. The number of benzene rings is 1. The minimum atomic E-state index is -0.983. The summed E-state index contributed by atoms with van der Waals surface area (Å²) in [4.78, 5) is 52.2. The standard InChI is InChI=1S/C21H26N4O4/c1-22-18(27)17(3-2-10-26)25-19(28)15-5-4-14(11-16(15)20(25)29)24-12-21(13-24)6-8-23-9-7-21/h4-5,10-11,17,23H,2-3,6-9,12-13H2,1H3,(H,22,27). The van der Waals surface area contributed by atoms with Crippen molar-refractivity contribution in [2.45, 2.75) is 31.7 Å². The Bertz CT molecular complexity index is 854. The van der Waals surface area contributed by atoms with Crippen molar-refractivity contribution in [3.8, 4) is 0 Å². The molecule has 0 saturated carbocycles. The molecule has 2 N–H and O–H groups in total. The zero-order chi connectivity index (χ0) is 20.6. The van der Waals surface area contributed by atoms with Gasteiger partial charge in [-0.25, -0.2) is 0 Å². The van der Waals surface area contributed by atoms with Crippen LogP contribution < -0.4 is 15.5 Å². The normalized spacial score (nSPS) is 21.0. The molecule has 3 heterocycles. The van der Waals surface area contributed by atoms with Gasteiger partial charge in [0.1, 0.15) is 12.3 Å². The minimum absolute atomic E-state index is 0.0987. The zero-order valence-corrected chi connectivity index (χ0v) is 16.6. The number of amides is 3. The van der Waals surface area contributed by atoms with Gasteiger partial charge >= 0.3 is 0 Å². The number of hydrogen-bond donors (Lipinski definition) is 2. The van der Waals surface area contributed by atoms with Gasteiger partial charge in [-0.3, -0.25) is 19.3 Å². The van der Waals surface area contributed by atoms with E-state index >= 15 is 0 Å². The maximum Gasteiger partial charge on any atom is 0.262 e. The van der Waals surface area contributed by atoms with Crippen LogP contribution in [-0.4, -0.2) is 68.2 Å². The highest BCUT2D eigenvalue weighted by Crippen LogP contribution is 2.42. The number of likely N-dealkylation sites (N-methyl/N-ethyl adjacent to an activating group) is 1. The van der Waals surface area contributed by atoms with E-state index in [0.717, 1.165) is 49.6 Å². The first-order chi connectivity index (χ1) is 14.0. The van der Waals surface area contributed by atoms with Gasteiger partial charge in [-0.15, -0.1) is 0 Å². The number of hydrogen-bond acceptors (Lipinski definition) is 6. The Kier molecular flexibility index (Phi) is 5.12. The Labute approximate surface area is 169 Å². The summed E-state index contributed by atoms with van der Waals surface area (Å²) < 4.78 is 0. The number of carbonyl (C=O) groups is 4. The molecule has 1 aromatic carbocycles. The molecule has 0 aromatic heterocycles. The van der Waals surface area contributed by atoms with Crippen LogP contribution in [0.1, 0.15) is 46.4 Å². The summed E-state index contributed by atoms with van der Waals surface area (Å²) in [5.74, 6) is -1.39. The first-order valence-electron chi connectivity index (χ1n) is 10.1. The van der Waals surface area contributed by atoms with Gasteiger partial charge in [0.25, 0.3) is 11.8 Å². The van der Waals surface area contributed by atoms with Gasteiger partial charge in [0.2, 0.25) is 5.91 Å². The summed E-state index contributed by atoms with van der Waals surface area (Å²) in [5, 5.41) is 5.88. The lowest BCUT2D eigenvalue weighted by molar-refractivity contribution is -0.124. The van der Waals surface area contributed by atoms with Crippen LogP contribution in [0.5, 0.6) is 0 Å². The first kappa shape index (κ1) is 19.6. The van der Waals surface area contributed by atoms with Crippen molar-refractivity contribution in [3.63, 3.8) is 0 Å². The van der Waals surface area contributed by atoms with E-state index in [1.54, 1.807) is 12.1 Å². The van der Waals surface area contributed by atoms with E-state index < -0.39 is 23.8 Å². The fraction of sp³-hybridized carbons (Fsp3) is 0.524. The number of rotatable bonds is 6. The van der Waals surface area contributed by atoms with Crippen LogP contribution in [0.3, 0.4) is 0 Å². The predicted octanol–water partition coefficient (Wildman–Crippen LogP) is 0.566. The summed E-state index contributed by atoms with van der Waals surface area (Å²) in [6.07, 6.45) is 3.21.